The Kier molecular flexibility index (Phi) is 7.21. The summed E-state index contributed by atoms with van der Waals surface area (Å²) in [4.78, 5) is 28.0. The third-order valence-corrected chi connectivity index (χ3v) is 3.01. The maximum Gasteiger partial charge on any atom is 0.416 e. The molecule has 1 amide bonds. The summed E-state index contributed by atoms with van der Waals surface area (Å²) >= 11 is 0. The molecule has 150 valence electrons. The molecule has 0 unspecified atom stereocenters. The largest absolute Gasteiger partial charge is 0.444 e. The second-order valence-corrected chi connectivity index (χ2v) is 6.73. The quantitative estimate of drug-likeness (QED) is 0.349. The van der Waals surface area contributed by atoms with E-state index in [1.807, 2.05) is 0 Å². The number of alkyl carbamates (subject to hydrolysis) is 1. The molecule has 0 heterocycles. The first-order chi connectivity index (χ1) is 12.3. The maximum absolute atomic E-state index is 12.5. The van der Waals surface area contributed by atoms with Gasteiger partial charge in [0.2, 0.25) is 0 Å². The van der Waals surface area contributed by atoms with E-state index in [1.165, 1.54) is 19.1 Å². The van der Waals surface area contributed by atoms with E-state index in [2.05, 4.69) is 15.3 Å². The van der Waals surface area contributed by atoms with Gasteiger partial charge in [-0.2, -0.15) is 13.2 Å². The van der Waals surface area contributed by atoms with Crippen molar-refractivity contribution < 1.29 is 32.3 Å². The van der Waals surface area contributed by atoms with Crippen molar-refractivity contribution in [3.05, 3.63) is 35.4 Å². The zero-order valence-corrected chi connectivity index (χ0v) is 15.4. The fraction of sp³-hybridized carbons (Fsp3) is 0.471. The van der Waals surface area contributed by atoms with Gasteiger partial charge in [0, 0.05) is 6.42 Å². The monoisotopic (exact) mass is 389 g/mol. The van der Waals surface area contributed by atoms with Crippen molar-refractivity contribution in [3.8, 4) is 0 Å². The van der Waals surface area contributed by atoms with Crippen molar-refractivity contribution in [3.63, 3.8) is 0 Å². The van der Waals surface area contributed by atoms with E-state index in [9.17, 15) is 22.8 Å². The molecule has 0 aliphatic rings. The molecule has 0 aliphatic heterocycles. The van der Waals surface area contributed by atoms with E-state index in [0.29, 0.717) is 5.56 Å². The first-order valence-electron chi connectivity index (χ1n) is 7.97. The topological polar surface area (TPSA) is 103 Å². The van der Waals surface area contributed by atoms with Crippen LogP contribution in [0.2, 0.25) is 0 Å². The Morgan fingerprint density at radius 3 is 2.22 bits per heavy atom. The Hall–Kier alpha value is -2.78. The van der Waals surface area contributed by atoms with Gasteiger partial charge in [0.25, 0.3) is 0 Å². The van der Waals surface area contributed by atoms with Crippen LogP contribution in [0.1, 0.15) is 38.8 Å². The van der Waals surface area contributed by atoms with Crippen LogP contribution >= 0.6 is 0 Å². The summed E-state index contributed by atoms with van der Waals surface area (Å²) in [6.07, 6.45) is -5.24. The molecule has 1 rings (SSSR count). The predicted octanol–water partition coefficient (Wildman–Crippen LogP) is 2.98. The minimum absolute atomic E-state index is 0.0146. The predicted molar refractivity (Wildman–Crippen MR) is 91.7 cm³/mol. The van der Waals surface area contributed by atoms with Crippen LogP contribution in [0.4, 0.5) is 18.0 Å². The van der Waals surface area contributed by atoms with Crippen molar-refractivity contribution in [2.45, 2.75) is 51.9 Å². The molecular weight excluding hydrogens is 367 g/mol. The van der Waals surface area contributed by atoms with Crippen LogP contribution in [0.3, 0.4) is 0 Å². The number of amides is 1. The highest BCUT2D eigenvalue weighted by atomic mass is 19.4. The van der Waals surface area contributed by atoms with Crippen molar-refractivity contribution in [2.24, 2.45) is 10.9 Å². The van der Waals surface area contributed by atoms with Crippen molar-refractivity contribution in [1.82, 2.24) is 5.32 Å². The number of alkyl halides is 3. The van der Waals surface area contributed by atoms with Crippen molar-refractivity contribution >= 4 is 17.9 Å². The number of amidine groups is 1. The first kappa shape index (κ1) is 22.3. The summed E-state index contributed by atoms with van der Waals surface area (Å²) in [5.41, 5.74) is 4.55. The number of carbonyl (C=O) groups excluding carboxylic acids is 2. The number of carbonyl (C=O) groups is 2. The lowest BCUT2D eigenvalue weighted by Crippen LogP contribution is -2.42. The van der Waals surface area contributed by atoms with Crippen LogP contribution < -0.4 is 11.1 Å². The third-order valence-electron chi connectivity index (χ3n) is 3.01. The molecule has 3 N–H and O–H groups in total. The molecule has 0 radical (unpaired) electrons. The molecule has 27 heavy (non-hydrogen) atoms. The minimum Gasteiger partial charge on any atom is -0.444 e. The molecule has 1 aromatic carbocycles. The van der Waals surface area contributed by atoms with Gasteiger partial charge >= 0.3 is 18.2 Å². The number of nitrogens with zero attached hydrogens (tertiary/aromatic N) is 1. The van der Waals surface area contributed by atoms with Gasteiger partial charge in [-0.25, -0.2) is 9.59 Å². The summed E-state index contributed by atoms with van der Waals surface area (Å²) in [5, 5.41) is 5.70. The molecule has 1 atom stereocenters. The number of hydrogen-bond donors (Lipinski definition) is 2. The molecule has 7 nitrogen and oxygen atoms in total. The average Bonchev–Trinajstić information content (AvgIpc) is 2.50. The van der Waals surface area contributed by atoms with Crippen molar-refractivity contribution in [1.29, 1.82) is 0 Å². The van der Waals surface area contributed by atoms with Crippen LogP contribution in [-0.2, 0) is 27.0 Å². The van der Waals surface area contributed by atoms with E-state index < -0.39 is 35.4 Å². The molecule has 0 spiro atoms. The zero-order valence-electron chi connectivity index (χ0n) is 15.4. The number of ether oxygens (including phenoxy) is 1. The Labute approximate surface area is 154 Å². The smallest absolute Gasteiger partial charge is 0.416 e. The maximum atomic E-state index is 12.5. The number of benzene rings is 1. The zero-order chi connectivity index (χ0) is 20.8. The lowest BCUT2D eigenvalue weighted by atomic mass is 10.1. The summed E-state index contributed by atoms with van der Waals surface area (Å²) in [6, 6.07) is 3.30. The van der Waals surface area contributed by atoms with Crippen LogP contribution in [-0.4, -0.2) is 29.5 Å². The summed E-state index contributed by atoms with van der Waals surface area (Å²) in [6.45, 7) is 6.37. The van der Waals surface area contributed by atoms with Gasteiger partial charge < -0.3 is 20.6 Å². The molecule has 0 aromatic heterocycles. The second kappa shape index (κ2) is 8.74. The fourth-order valence-corrected chi connectivity index (χ4v) is 1.78. The number of rotatable bonds is 5. The highest BCUT2D eigenvalue weighted by molar-refractivity contribution is 5.84. The summed E-state index contributed by atoms with van der Waals surface area (Å²) in [7, 11) is 0. The van der Waals surface area contributed by atoms with E-state index in [0.717, 1.165) is 12.1 Å². The van der Waals surface area contributed by atoms with Crippen LogP contribution in [0, 0.1) is 0 Å². The Morgan fingerprint density at radius 2 is 1.74 bits per heavy atom. The Morgan fingerprint density at radius 1 is 1.19 bits per heavy atom. The molecule has 0 fully saturated rings. The first-order valence-corrected chi connectivity index (χ1v) is 7.97. The van der Waals surface area contributed by atoms with Gasteiger partial charge in [0.15, 0.2) is 0 Å². The number of nitrogens with two attached hydrogens (primary N) is 1. The summed E-state index contributed by atoms with van der Waals surface area (Å²) < 4.78 is 42.5. The number of nitrogens with one attached hydrogen (secondary N) is 1. The van der Waals surface area contributed by atoms with Gasteiger partial charge in [-0.1, -0.05) is 17.3 Å². The number of oxime groups is 1. The normalized spacial score (nSPS) is 13.7. The highest BCUT2D eigenvalue weighted by Crippen LogP contribution is 2.29. The highest BCUT2D eigenvalue weighted by Gasteiger charge is 2.30. The van der Waals surface area contributed by atoms with Crippen LogP contribution in [0.15, 0.2) is 29.4 Å². The van der Waals surface area contributed by atoms with E-state index in [1.54, 1.807) is 20.8 Å². The standard InChI is InChI=1S/C17H22F3N3O4/c1-10(22-15(25)26-16(2,3)4)14(24)27-23-13(21)9-11-5-7-12(8-6-11)17(18,19)20/h5-8,10H,9H2,1-4H3,(H2,21,23)(H,22,25)/t10-/m0/s1. The molecule has 0 saturated carbocycles. The van der Waals surface area contributed by atoms with Gasteiger partial charge in [-0.3, -0.25) is 0 Å². The molecule has 0 saturated heterocycles. The Bertz CT molecular complexity index is 695. The lowest BCUT2D eigenvalue weighted by molar-refractivity contribution is -0.145. The van der Waals surface area contributed by atoms with Gasteiger partial charge in [0.05, 0.1) is 5.56 Å². The SMILES string of the molecule is C[C@H](NC(=O)OC(C)(C)C)C(=O)O/N=C(\N)Cc1ccc(C(F)(F)F)cc1. The van der Waals surface area contributed by atoms with E-state index in [4.69, 9.17) is 10.5 Å². The van der Waals surface area contributed by atoms with Gasteiger partial charge in [-0.05, 0) is 45.4 Å². The van der Waals surface area contributed by atoms with Gasteiger partial charge in [0.1, 0.15) is 17.5 Å². The lowest BCUT2D eigenvalue weighted by Gasteiger charge is -2.20. The number of halogens is 3. The number of hydrogen-bond acceptors (Lipinski definition) is 5. The van der Waals surface area contributed by atoms with Gasteiger partial charge in [-0.15, -0.1) is 0 Å². The van der Waals surface area contributed by atoms with E-state index in [-0.39, 0.29) is 12.3 Å². The minimum atomic E-state index is -4.43. The second-order valence-electron chi connectivity index (χ2n) is 6.73. The molecule has 10 heteroatoms. The van der Waals surface area contributed by atoms with E-state index >= 15 is 0 Å². The fourth-order valence-electron chi connectivity index (χ4n) is 1.78. The average molecular weight is 389 g/mol. The molecule has 1 aromatic rings. The molecule has 0 aliphatic carbocycles. The third kappa shape index (κ3) is 8.43. The van der Waals surface area contributed by atoms with Crippen LogP contribution in [0.25, 0.3) is 0 Å². The molecule has 0 bridgehead atoms. The molecular formula is C17H22F3N3O4. The van der Waals surface area contributed by atoms with Crippen LogP contribution in [0.5, 0.6) is 0 Å². The summed E-state index contributed by atoms with van der Waals surface area (Å²) in [5.74, 6) is -0.996. The van der Waals surface area contributed by atoms with Crippen molar-refractivity contribution in [2.75, 3.05) is 0 Å². The Balaban J connectivity index is 2.55.